The van der Waals surface area contributed by atoms with Crippen molar-refractivity contribution in [3.63, 3.8) is 0 Å². The molecule has 1 atom stereocenters. The molecule has 2 nitrogen and oxygen atoms in total. The third-order valence-corrected chi connectivity index (χ3v) is 5.41. The van der Waals surface area contributed by atoms with E-state index in [-0.39, 0.29) is 11.9 Å². The van der Waals surface area contributed by atoms with Crippen LogP contribution in [0.2, 0.25) is 0 Å². The first-order valence-electron chi connectivity index (χ1n) is 7.55. The number of hydrogen-bond acceptors (Lipinski definition) is 2. The zero-order chi connectivity index (χ0) is 18.0. The number of carbonyl (C=O) groups is 1. The molecule has 25 heavy (non-hydrogen) atoms. The molecule has 128 valence electrons. The lowest BCUT2D eigenvalue weighted by Gasteiger charge is -2.13. The van der Waals surface area contributed by atoms with Crippen LogP contribution in [0.15, 0.2) is 59.1 Å². The molecule has 1 amide bonds. The standard InChI is InChI=1S/C19H14BrF2NOS/c1-11(12-2-5-14(20)6-3-12)23-19(24)18-9-8-17(25-18)13-4-7-15(21)16(22)10-13/h2-11H,1H3,(H,23,24)/t11-/m0/s1. The van der Waals surface area contributed by atoms with Crippen molar-refractivity contribution >= 4 is 33.2 Å². The molecule has 0 saturated carbocycles. The molecule has 0 unspecified atom stereocenters. The van der Waals surface area contributed by atoms with Crippen molar-refractivity contribution in [2.75, 3.05) is 0 Å². The van der Waals surface area contributed by atoms with Gasteiger partial charge in [-0.25, -0.2) is 8.78 Å². The molecule has 2 aromatic carbocycles. The van der Waals surface area contributed by atoms with Gasteiger partial charge in [0.25, 0.3) is 5.91 Å². The van der Waals surface area contributed by atoms with Crippen molar-refractivity contribution in [2.24, 2.45) is 0 Å². The van der Waals surface area contributed by atoms with Crippen molar-refractivity contribution in [3.05, 3.63) is 81.1 Å². The molecule has 0 saturated heterocycles. The Bertz CT molecular complexity index is 908. The van der Waals surface area contributed by atoms with Crippen LogP contribution in [0.3, 0.4) is 0 Å². The summed E-state index contributed by atoms with van der Waals surface area (Å²) in [5, 5.41) is 2.94. The Morgan fingerprint density at radius 2 is 1.76 bits per heavy atom. The summed E-state index contributed by atoms with van der Waals surface area (Å²) in [6.45, 7) is 1.91. The summed E-state index contributed by atoms with van der Waals surface area (Å²) in [5.41, 5.74) is 1.54. The molecule has 0 fully saturated rings. The SMILES string of the molecule is C[C@H](NC(=O)c1ccc(-c2ccc(F)c(F)c2)s1)c1ccc(Br)cc1. The van der Waals surface area contributed by atoms with Crippen molar-refractivity contribution in [1.82, 2.24) is 5.32 Å². The zero-order valence-electron chi connectivity index (χ0n) is 13.2. The van der Waals surface area contributed by atoms with Crippen molar-refractivity contribution in [2.45, 2.75) is 13.0 Å². The quantitative estimate of drug-likeness (QED) is 0.554. The smallest absolute Gasteiger partial charge is 0.261 e. The largest absolute Gasteiger partial charge is 0.345 e. The Morgan fingerprint density at radius 1 is 1.04 bits per heavy atom. The van der Waals surface area contributed by atoms with E-state index in [1.807, 2.05) is 31.2 Å². The molecule has 3 aromatic rings. The van der Waals surface area contributed by atoms with Crippen molar-refractivity contribution in [3.8, 4) is 10.4 Å². The third kappa shape index (κ3) is 4.14. The van der Waals surface area contributed by atoms with Gasteiger partial charge in [0.15, 0.2) is 11.6 Å². The van der Waals surface area contributed by atoms with Gasteiger partial charge in [0.1, 0.15) is 0 Å². The number of benzene rings is 2. The Labute approximate surface area is 156 Å². The lowest BCUT2D eigenvalue weighted by atomic mass is 10.1. The first-order chi connectivity index (χ1) is 11.9. The van der Waals surface area contributed by atoms with Crippen LogP contribution in [-0.4, -0.2) is 5.91 Å². The molecule has 0 bridgehead atoms. The lowest BCUT2D eigenvalue weighted by molar-refractivity contribution is 0.0944. The summed E-state index contributed by atoms with van der Waals surface area (Å²) in [6.07, 6.45) is 0. The van der Waals surface area contributed by atoms with E-state index in [1.165, 1.54) is 17.4 Å². The van der Waals surface area contributed by atoms with Crippen LogP contribution >= 0.6 is 27.3 Å². The molecule has 1 N–H and O–H groups in total. The van der Waals surface area contributed by atoms with E-state index in [0.717, 1.165) is 22.2 Å². The highest BCUT2D eigenvalue weighted by atomic mass is 79.9. The number of thiophene rings is 1. The van der Waals surface area contributed by atoms with Gasteiger partial charge in [0, 0.05) is 9.35 Å². The maximum absolute atomic E-state index is 13.4. The predicted octanol–water partition coefficient (Wildman–Crippen LogP) is 5.95. The van der Waals surface area contributed by atoms with Gasteiger partial charge in [-0.1, -0.05) is 34.1 Å². The van der Waals surface area contributed by atoms with Crippen LogP contribution in [0.5, 0.6) is 0 Å². The molecule has 1 aromatic heterocycles. The fourth-order valence-electron chi connectivity index (χ4n) is 2.37. The first-order valence-corrected chi connectivity index (χ1v) is 9.16. The van der Waals surface area contributed by atoms with Gasteiger partial charge in [-0.05, 0) is 54.4 Å². The van der Waals surface area contributed by atoms with Crippen molar-refractivity contribution in [1.29, 1.82) is 0 Å². The molecule has 3 rings (SSSR count). The summed E-state index contributed by atoms with van der Waals surface area (Å²) >= 11 is 4.62. The van der Waals surface area contributed by atoms with Gasteiger partial charge in [-0.2, -0.15) is 0 Å². The molecule has 1 heterocycles. The molecular formula is C19H14BrF2NOS. The molecular weight excluding hydrogens is 408 g/mol. The summed E-state index contributed by atoms with van der Waals surface area (Å²) in [6, 6.07) is 14.7. The van der Waals surface area contributed by atoms with Crippen LogP contribution < -0.4 is 5.32 Å². The van der Waals surface area contributed by atoms with E-state index in [9.17, 15) is 13.6 Å². The number of halogens is 3. The molecule has 0 aliphatic rings. The first kappa shape index (κ1) is 17.8. The van der Waals surface area contributed by atoms with Gasteiger partial charge in [0.05, 0.1) is 10.9 Å². The fourth-order valence-corrected chi connectivity index (χ4v) is 3.54. The summed E-state index contributed by atoms with van der Waals surface area (Å²) in [7, 11) is 0. The van der Waals surface area contributed by atoms with Gasteiger partial charge in [-0.15, -0.1) is 11.3 Å². The van der Waals surface area contributed by atoms with Crippen LogP contribution in [0.1, 0.15) is 28.2 Å². The lowest BCUT2D eigenvalue weighted by Crippen LogP contribution is -2.25. The Balaban J connectivity index is 1.74. The van der Waals surface area contributed by atoms with Crippen LogP contribution in [0, 0.1) is 11.6 Å². The minimum absolute atomic E-state index is 0.144. The van der Waals surface area contributed by atoms with Gasteiger partial charge < -0.3 is 5.32 Å². The van der Waals surface area contributed by atoms with E-state index in [0.29, 0.717) is 15.3 Å². The number of carbonyl (C=O) groups excluding carboxylic acids is 1. The Kier molecular flexibility index (Phi) is 5.30. The molecule has 0 aliphatic heterocycles. The summed E-state index contributed by atoms with van der Waals surface area (Å²) in [5.74, 6) is -1.99. The molecule has 0 spiro atoms. The molecule has 0 radical (unpaired) electrons. The van der Waals surface area contributed by atoms with E-state index in [1.54, 1.807) is 12.1 Å². The number of amides is 1. The fraction of sp³-hybridized carbons (Fsp3) is 0.105. The maximum atomic E-state index is 13.4. The van der Waals surface area contributed by atoms with Crippen molar-refractivity contribution < 1.29 is 13.6 Å². The predicted molar refractivity (Wildman–Crippen MR) is 99.7 cm³/mol. The minimum atomic E-state index is -0.902. The highest BCUT2D eigenvalue weighted by Gasteiger charge is 2.15. The second-order valence-corrected chi connectivity index (χ2v) is 7.54. The monoisotopic (exact) mass is 421 g/mol. The highest BCUT2D eigenvalue weighted by molar-refractivity contribution is 9.10. The van der Waals surface area contributed by atoms with E-state index >= 15 is 0 Å². The number of nitrogens with one attached hydrogen (secondary N) is 1. The normalized spacial score (nSPS) is 12.0. The Hall–Kier alpha value is -2.05. The third-order valence-electron chi connectivity index (χ3n) is 3.75. The van der Waals surface area contributed by atoms with Gasteiger partial charge >= 0.3 is 0 Å². The molecule has 0 aliphatic carbocycles. The number of hydrogen-bond donors (Lipinski definition) is 1. The average molecular weight is 422 g/mol. The summed E-state index contributed by atoms with van der Waals surface area (Å²) < 4.78 is 27.4. The average Bonchev–Trinajstić information content (AvgIpc) is 3.08. The van der Waals surface area contributed by atoms with Crippen LogP contribution in [0.25, 0.3) is 10.4 Å². The highest BCUT2D eigenvalue weighted by Crippen LogP contribution is 2.29. The van der Waals surface area contributed by atoms with Crippen LogP contribution in [-0.2, 0) is 0 Å². The molecule has 6 heteroatoms. The second-order valence-electron chi connectivity index (χ2n) is 5.54. The van der Waals surface area contributed by atoms with E-state index in [2.05, 4.69) is 21.2 Å². The van der Waals surface area contributed by atoms with Gasteiger partial charge in [0.2, 0.25) is 0 Å². The van der Waals surface area contributed by atoms with Crippen LogP contribution in [0.4, 0.5) is 8.78 Å². The second kappa shape index (κ2) is 7.45. The maximum Gasteiger partial charge on any atom is 0.261 e. The topological polar surface area (TPSA) is 29.1 Å². The van der Waals surface area contributed by atoms with Gasteiger partial charge in [-0.3, -0.25) is 4.79 Å². The Morgan fingerprint density at radius 3 is 2.44 bits per heavy atom. The minimum Gasteiger partial charge on any atom is -0.345 e. The van der Waals surface area contributed by atoms with E-state index < -0.39 is 11.6 Å². The number of rotatable bonds is 4. The van der Waals surface area contributed by atoms with E-state index in [4.69, 9.17) is 0 Å². The summed E-state index contributed by atoms with van der Waals surface area (Å²) in [4.78, 5) is 13.6. The zero-order valence-corrected chi connectivity index (χ0v) is 15.6.